The first-order valence-electron chi connectivity index (χ1n) is 11.2. The third-order valence-corrected chi connectivity index (χ3v) is 6.27. The summed E-state index contributed by atoms with van der Waals surface area (Å²) >= 11 is 0. The summed E-state index contributed by atoms with van der Waals surface area (Å²) in [5.74, 6) is 0. The second kappa shape index (κ2) is 7.81. The summed E-state index contributed by atoms with van der Waals surface area (Å²) in [7, 11) is 0. The highest BCUT2D eigenvalue weighted by atomic mass is 16.6. The van der Waals surface area contributed by atoms with Crippen molar-refractivity contribution in [2.45, 2.75) is 19.6 Å². The fourth-order valence-corrected chi connectivity index (χ4v) is 4.55. The molecule has 158 valence electrons. The van der Waals surface area contributed by atoms with Crippen molar-refractivity contribution in [2.24, 2.45) is 5.10 Å². The van der Waals surface area contributed by atoms with Gasteiger partial charge in [-0.05, 0) is 53.6 Å². The molecule has 1 aromatic heterocycles. The predicted octanol–water partition coefficient (Wildman–Crippen LogP) is 6.21. The summed E-state index contributed by atoms with van der Waals surface area (Å²) in [6.07, 6.45) is 2.22. The molecule has 0 amide bonds. The second-order valence-corrected chi connectivity index (χ2v) is 8.35. The van der Waals surface area contributed by atoms with Crippen LogP contribution in [0.2, 0.25) is 0 Å². The smallest absolute Gasteiger partial charge is 0.101 e. The van der Waals surface area contributed by atoms with Crippen molar-refractivity contribution in [3.05, 3.63) is 90.5 Å². The number of rotatable bonds is 6. The number of para-hydroxylation sites is 1. The van der Waals surface area contributed by atoms with E-state index in [4.69, 9.17) is 9.84 Å². The zero-order valence-electron chi connectivity index (χ0n) is 18.1. The zero-order chi connectivity index (χ0) is 21.5. The summed E-state index contributed by atoms with van der Waals surface area (Å²) < 4.78 is 7.88. The van der Waals surface area contributed by atoms with Crippen LogP contribution in [0, 0.1) is 0 Å². The van der Waals surface area contributed by atoms with E-state index in [9.17, 15) is 0 Å². The van der Waals surface area contributed by atoms with Crippen molar-refractivity contribution in [1.82, 2.24) is 4.57 Å². The highest BCUT2D eigenvalue weighted by Gasteiger charge is 2.25. The lowest BCUT2D eigenvalue weighted by molar-refractivity contribution is 0.408. The van der Waals surface area contributed by atoms with E-state index < -0.39 is 0 Å². The summed E-state index contributed by atoms with van der Waals surface area (Å²) in [5, 5.41) is 12.0. The molecule has 4 aromatic carbocycles. The highest BCUT2D eigenvalue weighted by molar-refractivity contribution is 6.09. The van der Waals surface area contributed by atoms with Crippen LogP contribution in [0.15, 0.2) is 90.0 Å². The number of nitrogens with zero attached hydrogens (tertiary/aromatic N) is 3. The molecule has 1 unspecified atom stereocenters. The summed E-state index contributed by atoms with van der Waals surface area (Å²) in [5.41, 5.74) is 4.73. The van der Waals surface area contributed by atoms with Crippen molar-refractivity contribution in [3.63, 3.8) is 0 Å². The first kappa shape index (κ1) is 19.1. The molecule has 0 radical (unpaired) electrons. The van der Waals surface area contributed by atoms with Gasteiger partial charge in [-0.2, -0.15) is 5.10 Å². The minimum Gasteiger partial charge on any atom is -0.371 e. The van der Waals surface area contributed by atoms with E-state index in [0.717, 1.165) is 30.9 Å². The Morgan fingerprint density at radius 2 is 1.69 bits per heavy atom. The Labute approximate surface area is 187 Å². The lowest BCUT2D eigenvalue weighted by Crippen LogP contribution is -2.22. The fraction of sp³-hybridized carbons (Fsp3) is 0.179. The number of epoxide rings is 1. The van der Waals surface area contributed by atoms with Crippen molar-refractivity contribution >= 4 is 44.5 Å². The first-order chi connectivity index (χ1) is 15.8. The first-order valence-corrected chi connectivity index (χ1v) is 11.2. The molecule has 1 saturated heterocycles. The van der Waals surface area contributed by atoms with Gasteiger partial charge < -0.3 is 9.30 Å². The van der Waals surface area contributed by atoms with Gasteiger partial charge in [0.05, 0.1) is 25.1 Å². The van der Waals surface area contributed by atoms with Crippen LogP contribution in [0.5, 0.6) is 0 Å². The average molecular weight is 420 g/mol. The standard InChI is InChI=1S/C28H25N3O/c1-2-30-27-10-6-5-9-25(27)26-15-20(11-14-28(26)30)17-29-31(18-24-19-32-24)23-13-12-21-7-3-4-8-22(21)16-23/h3-17,24H,2,18-19H2,1H3. The van der Waals surface area contributed by atoms with Crippen LogP contribution in [0.25, 0.3) is 32.6 Å². The SMILES string of the molecule is CCn1c2ccccc2c2cc(C=NN(CC3CO3)c3ccc4ccccc4c3)ccc21. The molecule has 4 nitrogen and oxygen atoms in total. The number of benzene rings is 4. The number of hydrogen-bond donors (Lipinski definition) is 0. The van der Waals surface area contributed by atoms with Crippen LogP contribution >= 0.6 is 0 Å². The molecule has 32 heavy (non-hydrogen) atoms. The molecule has 0 spiro atoms. The molecule has 0 saturated carbocycles. The summed E-state index contributed by atoms with van der Waals surface area (Å²) in [6.45, 7) is 4.71. The Morgan fingerprint density at radius 3 is 2.53 bits per heavy atom. The van der Waals surface area contributed by atoms with E-state index in [0.29, 0.717) is 0 Å². The number of hydrogen-bond acceptors (Lipinski definition) is 3. The van der Waals surface area contributed by atoms with E-state index in [1.54, 1.807) is 0 Å². The lowest BCUT2D eigenvalue weighted by atomic mass is 10.1. The quantitative estimate of drug-likeness (QED) is 0.186. The molecule has 6 rings (SSSR count). The molecule has 1 aliphatic rings. The number of anilines is 1. The van der Waals surface area contributed by atoms with E-state index in [1.165, 1.54) is 32.6 Å². The monoisotopic (exact) mass is 419 g/mol. The fourth-order valence-electron chi connectivity index (χ4n) is 4.55. The van der Waals surface area contributed by atoms with Crippen LogP contribution in [0.3, 0.4) is 0 Å². The Bertz CT molecular complexity index is 1460. The van der Waals surface area contributed by atoms with Crippen molar-refractivity contribution < 1.29 is 4.74 Å². The minimum absolute atomic E-state index is 0.253. The third kappa shape index (κ3) is 3.43. The number of aromatic nitrogens is 1. The molecule has 1 atom stereocenters. The number of aryl methyl sites for hydroxylation is 1. The van der Waals surface area contributed by atoms with Gasteiger partial charge in [-0.3, -0.25) is 5.01 Å². The predicted molar refractivity (Wildman–Crippen MR) is 134 cm³/mol. The number of hydrazone groups is 1. The van der Waals surface area contributed by atoms with E-state index in [1.807, 2.05) is 6.21 Å². The molecule has 1 fully saturated rings. The Kier molecular flexibility index (Phi) is 4.66. The summed E-state index contributed by atoms with van der Waals surface area (Å²) in [4.78, 5) is 0. The minimum atomic E-state index is 0.253. The van der Waals surface area contributed by atoms with Crippen LogP contribution in [-0.4, -0.2) is 30.0 Å². The van der Waals surface area contributed by atoms with Gasteiger partial charge in [-0.15, -0.1) is 0 Å². The Morgan fingerprint density at radius 1 is 0.906 bits per heavy atom. The molecule has 0 N–H and O–H groups in total. The maximum absolute atomic E-state index is 5.50. The van der Waals surface area contributed by atoms with Crippen molar-refractivity contribution in [2.75, 3.05) is 18.2 Å². The molecular formula is C28H25N3O. The zero-order valence-corrected chi connectivity index (χ0v) is 18.1. The Hall–Kier alpha value is -3.63. The van der Waals surface area contributed by atoms with Gasteiger partial charge in [0, 0.05) is 28.4 Å². The third-order valence-electron chi connectivity index (χ3n) is 6.27. The molecule has 0 bridgehead atoms. The molecular weight excluding hydrogens is 394 g/mol. The van der Waals surface area contributed by atoms with Crippen LogP contribution < -0.4 is 5.01 Å². The molecule has 1 aliphatic heterocycles. The van der Waals surface area contributed by atoms with Crippen LogP contribution in [-0.2, 0) is 11.3 Å². The second-order valence-electron chi connectivity index (χ2n) is 8.35. The Balaban J connectivity index is 1.38. The summed E-state index contributed by atoms with van der Waals surface area (Å²) in [6, 6.07) is 30.2. The van der Waals surface area contributed by atoms with Crippen molar-refractivity contribution in [1.29, 1.82) is 0 Å². The van der Waals surface area contributed by atoms with Gasteiger partial charge in [0.25, 0.3) is 0 Å². The molecule has 2 heterocycles. The normalized spacial score (nSPS) is 15.8. The average Bonchev–Trinajstić information content (AvgIpc) is 3.61. The van der Waals surface area contributed by atoms with Gasteiger partial charge in [-0.1, -0.05) is 54.6 Å². The number of fused-ring (bicyclic) bond motifs is 4. The largest absolute Gasteiger partial charge is 0.371 e. The maximum Gasteiger partial charge on any atom is 0.101 e. The molecule has 0 aliphatic carbocycles. The maximum atomic E-state index is 5.50. The van der Waals surface area contributed by atoms with Crippen LogP contribution in [0.4, 0.5) is 5.69 Å². The van der Waals surface area contributed by atoms with E-state index in [2.05, 4.69) is 101 Å². The van der Waals surface area contributed by atoms with Gasteiger partial charge in [0.1, 0.15) is 6.10 Å². The van der Waals surface area contributed by atoms with E-state index >= 15 is 0 Å². The highest BCUT2D eigenvalue weighted by Crippen LogP contribution is 2.30. The van der Waals surface area contributed by atoms with E-state index in [-0.39, 0.29) is 6.10 Å². The molecule has 5 aromatic rings. The van der Waals surface area contributed by atoms with Gasteiger partial charge >= 0.3 is 0 Å². The van der Waals surface area contributed by atoms with Gasteiger partial charge in [0.15, 0.2) is 0 Å². The lowest BCUT2D eigenvalue weighted by Gasteiger charge is -2.18. The topological polar surface area (TPSA) is 33.1 Å². The van der Waals surface area contributed by atoms with Gasteiger partial charge in [0.2, 0.25) is 0 Å². The van der Waals surface area contributed by atoms with Gasteiger partial charge in [-0.25, -0.2) is 0 Å². The van der Waals surface area contributed by atoms with Crippen LogP contribution in [0.1, 0.15) is 12.5 Å². The van der Waals surface area contributed by atoms with Crippen molar-refractivity contribution in [3.8, 4) is 0 Å². The molecule has 4 heteroatoms. The number of ether oxygens (including phenoxy) is 1.